The Morgan fingerprint density at radius 1 is 1.38 bits per heavy atom. The van der Waals surface area contributed by atoms with Crippen molar-refractivity contribution in [2.24, 2.45) is 0 Å². The maximum absolute atomic E-state index is 11.9. The second-order valence-electron chi connectivity index (χ2n) is 4.86. The lowest BCUT2D eigenvalue weighted by molar-refractivity contribution is -0.119. The van der Waals surface area contributed by atoms with Crippen molar-refractivity contribution in [2.45, 2.75) is 25.6 Å². The van der Waals surface area contributed by atoms with E-state index in [9.17, 15) is 9.00 Å². The Morgan fingerprint density at radius 3 is 2.71 bits per heavy atom. The maximum atomic E-state index is 11.9. The molecule has 21 heavy (non-hydrogen) atoms. The van der Waals surface area contributed by atoms with E-state index >= 15 is 0 Å². The van der Waals surface area contributed by atoms with Gasteiger partial charge >= 0.3 is 0 Å². The van der Waals surface area contributed by atoms with E-state index in [1.807, 2.05) is 37.3 Å². The van der Waals surface area contributed by atoms with Crippen molar-refractivity contribution >= 4 is 16.7 Å². The molecule has 0 saturated carbocycles. The van der Waals surface area contributed by atoms with Crippen molar-refractivity contribution < 1.29 is 13.5 Å². The first-order valence-corrected chi connectivity index (χ1v) is 8.15. The highest BCUT2D eigenvalue weighted by atomic mass is 32.2. The highest BCUT2D eigenvalue weighted by Crippen LogP contribution is 2.11. The Hall–Kier alpha value is -1.95. The van der Waals surface area contributed by atoms with Crippen molar-refractivity contribution in [1.29, 1.82) is 0 Å². The number of hydrogen-bond acceptors (Lipinski definition) is 4. The highest BCUT2D eigenvalue weighted by molar-refractivity contribution is 7.84. The molecule has 0 saturated heterocycles. The Kier molecular flexibility index (Phi) is 5.27. The second kappa shape index (κ2) is 7.17. The normalized spacial score (nSPS) is 13.6. The lowest BCUT2D eigenvalue weighted by Gasteiger charge is -2.13. The number of carbonyl (C=O) groups is 1. The predicted molar refractivity (Wildman–Crippen MR) is 81.0 cm³/mol. The molecule has 1 heterocycles. The van der Waals surface area contributed by atoms with E-state index in [2.05, 4.69) is 10.5 Å². The van der Waals surface area contributed by atoms with Crippen LogP contribution in [0.4, 0.5) is 0 Å². The molecule has 0 radical (unpaired) electrons. The quantitative estimate of drug-likeness (QED) is 0.887. The Balaban J connectivity index is 1.82. The molecule has 2 aromatic rings. The van der Waals surface area contributed by atoms with Gasteiger partial charge in [0.25, 0.3) is 0 Å². The minimum atomic E-state index is -1.30. The van der Waals surface area contributed by atoms with Crippen LogP contribution in [0, 0.1) is 6.92 Å². The number of amides is 1. The Bertz CT molecular complexity index is 625. The average Bonchev–Trinajstić information content (AvgIpc) is 2.84. The van der Waals surface area contributed by atoms with Crippen LogP contribution in [0.5, 0.6) is 0 Å². The zero-order chi connectivity index (χ0) is 15.2. The number of nitrogens with zero attached hydrogens (tertiary/aromatic N) is 1. The number of carbonyl (C=O) groups excluding carboxylic acids is 1. The lowest BCUT2D eigenvalue weighted by Crippen LogP contribution is -2.31. The van der Waals surface area contributed by atoms with Gasteiger partial charge in [-0.15, -0.1) is 0 Å². The van der Waals surface area contributed by atoms with E-state index in [4.69, 9.17) is 4.52 Å². The number of rotatable bonds is 6. The van der Waals surface area contributed by atoms with Gasteiger partial charge in [-0.05, 0) is 19.4 Å². The van der Waals surface area contributed by atoms with E-state index in [1.165, 1.54) is 0 Å². The average molecular weight is 306 g/mol. The molecule has 1 aromatic heterocycles. The van der Waals surface area contributed by atoms with Gasteiger partial charge in [0.15, 0.2) is 0 Å². The van der Waals surface area contributed by atoms with Crippen LogP contribution in [-0.4, -0.2) is 21.0 Å². The molecule has 0 unspecified atom stereocenters. The maximum Gasteiger partial charge on any atom is 0.233 e. The molecule has 1 amide bonds. The summed E-state index contributed by atoms with van der Waals surface area (Å²) in [6.07, 6.45) is 0. The lowest BCUT2D eigenvalue weighted by atomic mass is 10.1. The first kappa shape index (κ1) is 15.4. The van der Waals surface area contributed by atoms with Crippen molar-refractivity contribution in [3.8, 4) is 0 Å². The topological polar surface area (TPSA) is 72.2 Å². The van der Waals surface area contributed by atoms with Crippen LogP contribution in [0.25, 0.3) is 0 Å². The Labute approximate surface area is 126 Å². The molecule has 2 atom stereocenters. The molecule has 0 aliphatic carbocycles. The first-order chi connectivity index (χ1) is 10.0. The predicted octanol–water partition coefficient (Wildman–Crippen LogP) is 2.11. The van der Waals surface area contributed by atoms with Gasteiger partial charge in [-0.3, -0.25) is 9.00 Å². The number of hydrogen-bond donors (Lipinski definition) is 1. The summed E-state index contributed by atoms with van der Waals surface area (Å²) in [5, 5.41) is 6.61. The summed E-state index contributed by atoms with van der Waals surface area (Å²) in [4.78, 5) is 11.9. The number of aromatic nitrogens is 1. The standard InChI is InChI=1S/C15H18N2O3S/c1-11-8-14(17-20-11)9-21(19)10-15(18)16-12(2)13-6-4-3-5-7-13/h3-8,12H,9-10H2,1-2H3,(H,16,18)/t12-,21-/m0/s1. The molecule has 112 valence electrons. The Morgan fingerprint density at radius 2 is 2.10 bits per heavy atom. The van der Waals surface area contributed by atoms with Crippen LogP contribution in [0.15, 0.2) is 40.9 Å². The second-order valence-corrected chi connectivity index (χ2v) is 6.31. The molecule has 0 bridgehead atoms. The van der Waals surface area contributed by atoms with E-state index in [1.54, 1.807) is 13.0 Å². The largest absolute Gasteiger partial charge is 0.361 e. The summed E-state index contributed by atoms with van der Waals surface area (Å²) in [6.45, 7) is 3.67. The van der Waals surface area contributed by atoms with Crippen molar-refractivity contribution in [3.63, 3.8) is 0 Å². The van der Waals surface area contributed by atoms with Gasteiger partial charge in [0, 0.05) is 16.9 Å². The fraction of sp³-hybridized carbons (Fsp3) is 0.333. The fourth-order valence-corrected chi connectivity index (χ4v) is 2.90. The van der Waals surface area contributed by atoms with Gasteiger partial charge in [-0.1, -0.05) is 35.5 Å². The molecule has 0 fully saturated rings. The molecule has 1 N–H and O–H groups in total. The molecule has 6 heteroatoms. The SMILES string of the molecule is Cc1cc(C[S@](=O)CC(=O)N[C@@H](C)c2ccccc2)no1. The molecule has 2 rings (SSSR count). The summed E-state index contributed by atoms with van der Waals surface area (Å²) >= 11 is 0. The fourth-order valence-electron chi connectivity index (χ4n) is 1.96. The molecule has 5 nitrogen and oxygen atoms in total. The zero-order valence-electron chi connectivity index (χ0n) is 12.0. The third-order valence-corrected chi connectivity index (χ3v) is 4.16. The van der Waals surface area contributed by atoms with Crippen LogP contribution in [0.2, 0.25) is 0 Å². The van der Waals surface area contributed by atoms with Crippen LogP contribution < -0.4 is 5.32 Å². The van der Waals surface area contributed by atoms with Gasteiger partial charge in [0.05, 0.1) is 17.5 Å². The highest BCUT2D eigenvalue weighted by Gasteiger charge is 2.14. The first-order valence-electron chi connectivity index (χ1n) is 6.66. The molecule has 0 spiro atoms. The molecule has 1 aromatic carbocycles. The number of aryl methyl sites for hydroxylation is 1. The number of nitrogens with one attached hydrogen (secondary N) is 1. The van der Waals surface area contributed by atoms with Crippen molar-refractivity contribution in [3.05, 3.63) is 53.4 Å². The monoisotopic (exact) mass is 306 g/mol. The zero-order valence-corrected chi connectivity index (χ0v) is 12.9. The smallest absolute Gasteiger partial charge is 0.233 e. The molecule has 0 aliphatic rings. The third kappa shape index (κ3) is 4.82. The minimum Gasteiger partial charge on any atom is -0.361 e. The number of benzene rings is 1. The summed E-state index contributed by atoms with van der Waals surface area (Å²) in [7, 11) is -1.30. The minimum absolute atomic E-state index is 0.0386. The molecular formula is C15H18N2O3S. The summed E-state index contributed by atoms with van der Waals surface area (Å²) < 4.78 is 16.8. The van der Waals surface area contributed by atoms with Crippen LogP contribution in [0.1, 0.15) is 30.0 Å². The van der Waals surface area contributed by atoms with Crippen molar-refractivity contribution in [2.75, 3.05) is 5.75 Å². The molecular weight excluding hydrogens is 288 g/mol. The van der Waals surface area contributed by atoms with Gasteiger partial charge in [-0.25, -0.2) is 0 Å². The van der Waals surface area contributed by atoms with E-state index in [0.29, 0.717) is 11.5 Å². The van der Waals surface area contributed by atoms with E-state index in [0.717, 1.165) is 5.56 Å². The summed E-state index contributed by atoms with van der Waals surface area (Å²) in [6, 6.07) is 11.3. The van der Waals surface area contributed by atoms with Crippen LogP contribution in [0.3, 0.4) is 0 Å². The van der Waals surface area contributed by atoms with Gasteiger partial charge in [0.2, 0.25) is 5.91 Å². The van der Waals surface area contributed by atoms with Crippen LogP contribution >= 0.6 is 0 Å². The van der Waals surface area contributed by atoms with Gasteiger partial charge in [-0.2, -0.15) is 0 Å². The van der Waals surface area contributed by atoms with Gasteiger partial charge in [0.1, 0.15) is 11.5 Å². The van der Waals surface area contributed by atoms with Crippen LogP contribution in [-0.2, 0) is 21.3 Å². The van der Waals surface area contributed by atoms with E-state index in [-0.39, 0.29) is 23.5 Å². The summed E-state index contributed by atoms with van der Waals surface area (Å²) in [5.74, 6) is 0.627. The van der Waals surface area contributed by atoms with Gasteiger partial charge < -0.3 is 9.84 Å². The van der Waals surface area contributed by atoms with Crippen molar-refractivity contribution in [1.82, 2.24) is 10.5 Å². The van der Waals surface area contributed by atoms with E-state index < -0.39 is 10.8 Å². The summed E-state index contributed by atoms with van der Waals surface area (Å²) in [5.41, 5.74) is 1.62. The third-order valence-electron chi connectivity index (χ3n) is 2.95. The molecule has 0 aliphatic heterocycles.